The third-order valence-electron chi connectivity index (χ3n) is 3.05. The van der Waals surface area contributed by atoms with E-state index in [4.69, 9.17) is 5.84 Å². The second kappa shape index (κ2) is 7.66. The molecule has 0 aromatic heterocycles. The summed E-state index contributed by atoms with van der Waals surface area (Å²) < 4.78 is 0. The van der Waals surface area contributed by atoms with Gasteiger partial charge in [-0.25, -0.2) is 4.99 Å². The van der Waals surface area contributed by atoms with E-state index in [1.807, 2.05) is 6.92 Å². The van der Waals surface area contributed by atoms with Crippen molar-refractivity contribution in [1.82, 2.24) is 10.7 Å². The molecule has 1 aliphatic rings. The second-order valence-electron chi connectivity index (χ2n) is 4.43. The van der Waals surface area contributed by atoms with Crippen LogP contribution >= 0.6 is 0 Å². The summed E-state index contributed by atoms with van der Waals surface area (Å²) in [7, 11) is 0. The summed E-state index contributed by atoms with van der Waals surface area (Å²) in [6.07, 6.45) is 8.70. The van der Waals surface area contributed by atoms with Crippen LogP contribution in [0.2, 0.25) is 0 Å². The summed E-state index contributed by atoms with van der Waals surface area (Å²) in [5.74, 6) is 5.89. The van der Waals surface area contributed by atoms with Crippen LogP contribution in [-0.4, -0.2) is 12.1 Å². The van der Waals surface area contributed by atoms with E-state index in [1.165, 1.54) is 12.6 Å². The Bertz CT molecular complexity index is 354. The predicted molar refractivity (Wildman–Crippen MR) is 73.4 cm³/mol. The number of hydrogen-bond acceptors (Lipinski definition) is 4. The van der Waals surface area contributed by atoms with Crippen LogP contribution in [0.15, 0.2) is 29.2 Å². The van der Waals surface area contributed by atoms with E-state index < -0.39 is 0 Å². The highest BCUT2D eigenvalue weighted by Crippen LogP contribution is 2.23. The van der Waals surface area contributed by atoms with Gasteiger partial charge >= 0.3 is 0 Å². The molecular formula is C13H22N4O. The highest BCUT2D eigenvalue weighted by Gasteiger charge is 2.21. The Kier molecular flexibility index (Phi) is 6.14. The molecule has 0 heterocycles. The van der Waals surface area contributed by atoms with Gasteiger partial charge in [0.25, 0.3) is 0 Å². The third kappa shape index (κ3) is 4.71. The maximum absolute atomic E-state index is 12.0. The minimum Gasteiger partial charge on any atom is -0.323 e. The number of rotatable bonds is 5. The van der Waals surface area contributed by atoms with Crippen LogP contribution in [0.5, 0.6) is 0 Å². The van der Waals surface area contributed by atoms with Crippen LogP contribution < -0.4 is 16.6 Å². The molecule has 0 aliphatic heterocycles. The van der Waals surface area contributed by atoms with Crippen molar-refractivity contribution in [2.75, 3.05) is 0 Å². The molecule has 5 heteroatoms. The van der Waals surface area contributed by atoms with Gasteiger partial charge in [0, 0.05) is 5.92 Å². The first-order valence-corrected chi connectivity index (χ1v) is 6.34. The number of aliphatic imine (C=N–C) groups is 1. The lowest BCUT2D eigenvalue weighted by Crippen LogP contribution is -2.31. The van der Waals surface area contributed by atoms with E-state index in [-0.39, 0.29) is 11.8 Å². The maximum atomic E-state index is 12.0. The standard InChI is InChI=1S/C13H22N4O/c1-3-12(15-9-10(2)17-14)16-13(18)11-7-5-4-6-8-11/h3,9,11,17H,2,4-8,14H2,1H3,(H,16,18)/b12-3+,15-9?. The topological polar surface area (TPSA) is 79.5 Å². The Hall–Kier alpha value is -1.62. The summed E-state index contributed by atoms with van der Waals surface area (Å²) >= 11 is 0. The average Bonchev–Trinajstić information content (AvgIpc) is 2.43. The number of nitrogens with one attached hydrogen (secondary N) is 2. The van der Waals surface area contributed by atoms with Gasteiger partial charge in [0.05, 0.1) is 11.9 Å². The molecule has 1 saturated carbocycles. The van der Waals surface area contributed by atoms with E-state index in [1.54, 1.807) is 6.08 Å². The van der Waals surface area contributed by atoms with Gasteiger partial charge in [-0.3, -0.25) is 10.6 Å². The van der Waals surface area contributed by atoms with Crippen LogP contribution in [0.25, 0.3) is 0 Å². The lowest BCUT2D eigenvalue weighted by Gasteiger charge is -2.20. The summed E-state index contributed by atoms with van der Waals surface area (Å²) in [5.41, 5.74) is 2.86. The van der Waals surface area contributed by atoms with Crippen molar-refractivity contribution < 1.29 is 4.79 Å². The van der Waals surface area contributed by atoms with Gasteiger partial charge < -0.3 is 10.7 Å². The number of amides is 1. The first-order valence-electron chi connectivity index (χ1n) is 6.34. The normalized spacial score (nSPS) is 17.8. The van der Waals surface area contributed by atoms with Gasteiger partial charge in [-0.15, -0.1) is 0 Å². The molecule has 0 unspecified atom stereocenters. The number of hydrazine groups is 1. The fourth-order valence-electron chi connectivity index (χ4n) is 1.96. The SMILES string of the molecule is C=C(C=N/C(=C\C)NC(=O)C1CCCCC1)NN. The molecule has 1 rings (SSSR count). The number of nitrogens with two attached hydrogens (primary N) is 1. The molecule has 0 atom stereocenters. The molecule has 0 aromatic rings. The van der Waals surface area contributed by atoms with Gasteiger partial charge in [-0.1, -0.05) is 25.8 Å². The van der Waals surface area contributed by atoms with E-state index in [9.17, 15) is 4.79 Å². The van der Waals surface area contributed by atoms with Gasteiger partial charge in [-0.2, -0.15) is 0 Å². The second-order valence-corrected chi connectivity index (χ2v) is 4.43. The van der Waals surface area contributed by atoms with Crippen LogP contribution in [0.1, 0.15) is 39.0 Å². The summed E-state index contributed by atoms with van der Waals surface area (Å²) in [4.78, 5) is 16.1. The van der Waals surface area contributed by atoms with Crippen molar-refractivity contribution >= 4 is 12.1 Å². The lowest BCUT2D eigenvalue weighted by molar-refractivity contribution is -0.125. The Balaban J connectivity index is 2.50. The molecule has 4 N–H and O–H groups in total. The maximum Gasteiger partial charge on any atom is 0.228 e. The molecule has 1 fully saturated rings. The molecular weight excluding hydrogens is 228 g/mol. The van der Waals surface area contributed by atoms with Crippen molar-refractivity contribution in [1.29, 1.82) is 0 Å². The quantitative estimate of drug-likeness (QED) is 0.394. The molecule has 18 heavy (non-hydrogen) atoms. The van der Waals surface area contributed by atoms with Gasteiger partial charge in [0.2, 0.25) is 5.91 Å². The van der Waals surface area contributed by atoms with Crippen LogP contribution in [0, 0.1) is 5.92 Å². The van der Waals surface area contributed by atoms with E-state index in [0.717, 1.165) is 25.7 Å². The fourth-order valence-corrected chi connectivity index (χ4v) is 1.96. The molecule has 100 valence electrons. The Labute approximate surface area is 108 Å². The molecule has 1 amide bonds. The monoisotopic (exact) mass is 250 g/mol. The average molecular weight is 250 g/mol. The number of allylic oxidation sites excluding steroid dienone is 2. The minimum absolute atomic E-state index is 0.0614. The predicted octanol–water partition coefficient (Wildman–Crippen LogP) is 1.59. The van der Waals surface area contributed by atoms with Crippen LogP contribution in [-0.2, 0) is 4.79 Å². The Morgan fingerprint density at radius 1 is 1.39 bits per heavy atom. The van der Waals surface area contributed by atoms with Crippen molar-refractivity contribution in [2.45, 2.75) is 39.0 Å². The number of carbonyl (C=O) groups is 1. The minimum atomic E-state index is 0.0614. The zero-order valence-electron chi connectivity index (χ0n) is 10.9. The molecule has 0 saturated heterocycles. The molecule has 1 aliphatic carbocycles. The van der Waals surface area contributed by atoms with Crippen LogP contribution in [0.3, 0.4) is 0 Å². The molecule has 5 nitrogen and oxygen atoms in total. The number of carbonyl (C=O) groups excluding carboxylic acids is 1. The molecule has 0 aromatic carbocycles. The van der Waals surface area contributed by atoms with E-state index >= 15 is 0 Å². The first-order chi connectivity index (χ1) is 8.67. The third-order valence-corrected chi connectivity index (χ3v) is 3.05. The molecule has 0 radical (unpaired) electrons. The van der Waals surface area contributed by atoms with Gasteiger partial charge in [0.15, 0.2) is 0 Å². The Morgan fingerprint density at radius 3 is 2.61 bits per heavy atom. The summed E-state index contributed by atoms with van der Waals surface area (Å²) in [6.45, 7) is 5.45. The largest absolute Gasteiger partial charge is 0.323 e. The zero-order chi connectivity index (χ0) is 13.4. The van der Waals surface area contributed by atoms with Crippen LogP contribution in [0.4, 0.5) is 0 Å². The smallest absolute Gasteiger partial charge is 0.228 e. The summed E-state index contributed by atoms with van der Waals surface area (Å²) in [6, 6.07) is 0. The summed E-state index contributed by atoms with van der Waals surface area (Å²) in [5, 5.41) is 2.83. The zero-order valence-corrected chi connectivity index (χ0v) is 10.9. The first kappa shape index (κ1) is 14.4. The van der Waals surface area contributed by atoms with E-state index in [2.05, 4.69) is 22.3 Å². The van der Waals surface area contributed by atoms with Gasteiger partial charge in [-0.05, 0) is 25.8 Å². The molecule has 0 spiro atoms. The van der Waals surface area contributed by atoms with Crippen molar-refractivity contribution in [2.24, 2.45) is 16.8 Å². The number of hydrogen-bond donors (Lipinski definition) is 3. The van der Waals surface area contributed by atoms with Crippen molar-refractivity contribution in [3.63, 3.8) is 0 Å². The van der Waals surface area contributed by atoms with Gasteiger partial charge in [0.1, 0.15) is 5.82 Å². The number of nitrogens with zero attached hydrogens (tertiary/aromatic N) is 1. The highest BCUT2D eigenvalue weighted by molar-refractivity contribution is 5.82. The molecule has 0 bridgehead atoms. The fraction of sp³-hybridized carbons (Fsp3) is 0.538. The Morgan fingerprint density at radius 2 is 2.06 bits per heavy atom. The van der Waals surface area contributed by atoms with Crippen molar-refractivity contribution in [3.8, 4) is 0 Å². The highest BCUT2D eigenvalue weighted by atomic mass is 16.2. The van der Waals surface area contributed by atoms with Crippen molar-refractivity contribution in [3.05, 3.63) is 24.2 Å². The lowest BCUT2D eigenvalue weighted by atomic mass is 9.89. The van der Waals surface area contributed by atoms with E-state index in [0.29, 0.717) is 11.5 Å².